The fourth-order valence-corrected chi connectivity index (χ4v) is 3.80. The summed E-state index contributed by atoms with van der Waals surface area (Å²) in [5.41, 5.74) is 0. The van der Waals surface area contributed by atoms with Gasteiger partial charge in [-0.05, 0) is 25.9 Å². The third-order valence-electron chi connectivity index (χ3n) is 4.88. The Bertz CT molecular complexity index is 740. The van der Waals surface area contributed by atoms with Gasteiger partial charge in [0.2, 0.25) is 5.82 Å². The number of hydrogen-bond acceptors (Lipinski definition) is 5. The van der Waals surface area contributed by atoms with Crippen LogP contribution >= 0.6 is 11.6 Å². The zero-order valence-electron chi connectivity index (χ0n) is 14.0. The number of carbonyl (C=O) groups excluding carboxylic acids is 1. The molecule has 7 nitrogen and oxygen atoms in total. The second-order valence-electron chi connectivity index (χ2n) is 6.78. The Morgan fingerprint density at radius 3 is 2.68 bits per heavy atom. The highest BCUT2D eigenvalue weighted by Gasteiger charge is 2.29. The maximum atomic E-state index is 12.9. The normalized spacial score (nSPS) is 21.2. The largest absolute Gasteiger partial charge is 0.333 e. The lowest BCUT2D eigenvalue weighted by Gasteiger charge is -2.26. The Hall–Kier alpha value is -1.99. The van der Waals surface area contributed by atoms with Crippen molar-refractivity contribution < 1.29 is 4.79 Å². The van der Waals surface area contributed by atoms with Crippen molar-refractivity contribution >= 4 is 17.5 Å². The Morgan fingerprint density at radius 2 is 1.92 bits per heavy atom. The van der Waals surface area contributed by atoms with Crippen LogP contribution in [0.2, 0.25) is 5.02 Å². The average Bonchev–Trinajstić information content (AvgIpc) is 3.24. The van der Waals surface area contributed by atoms with Crippen LogP contribution in [0, 0.1) is 5.92 Å². The van der Waals surface area contributed by atoms with Gasteiger partial charge in [-0.15, -0.1) is 0 Å². The van der Waals surface area contributed by atoms with E-state index < -0.39 is 0 Å². The van der Waals surface area contributed by atoms with Crippen molar-refractivity contribution in [1.82, 2.24) is 29.3 Å². The molecule has 4 heterocycles. The molecule has 0 N–H and O–H groups in total. The van der Waals surface area contributed by atoms with Gasteiger partial charge in [0.05, 0.1) is 11.6 Å². The molecule has 132 valence electrons. The van der Waals surface area contributed by atoms with Gasteiger partial charge >= 0.3 is 0 Å². The van der Waals surface area contributed by atoms with Gasteiger partial charge in [-0.3, -0.25) is 4.79 Å². The molecule has 8 heteroatoms. The van der Waals surface area contributed by atoms with Gasteiger partial charge in [0.15, 0.2) is 0 Å². The molecule has 25 heavy (non-hydrogen) atoms. The van der Waals surface area contributed by atoms with Crippen LogP contribution < -0.4 is 0 Å². The monoisotopic (exact) mass is 360 g/mol. The molecule has 2 aliphatic rings. The van der Waals surface area contributed by atoms with E-state index in [4.69, 9.17) is 11.6 Å². The number of hydrogen-bond donors (Lipinski definition) is 0. The van der Waals surface area contributed by atoms with E-state index in [9.17, 15) is 4.79 Å². The summed E-state index contributed by atoms with van der Waals surface area (Å²) in [6, 6.07) is 0. The molecule has 1 fully saturated rings. The van der Waals surface area contributed by atoms with Crippen molar-refractivity contribution in [3.8, 4) is 0 Å². The van der Waals surface area contributed by atoms with Crippen molar-refractivity contribution in [3.63, 3.8) is 0 Å². The maximum Gasteiger partial charge on any atom is 0.292 e. The lowest BCUT2D eigenvalue weighted by Crippen LogP contribution is -2.39. The minimum absolute atomic E-state index is 0.167. The molecular weight excluding hydrogens is 340 g/mol. The van der Waals surface area contributed by atoms with Gasteiger partial charge in [-0.2, -0.15) is 0 Å². The highest BCUT2D eigenvalue weighted by molar-refractivity contribution is 6.30. The van der Waals surface area contributed by atoms with Crippen LogP contribution in [-0.4, -0.2) is 61.4 Å². The quantitative estimate of drug-likeness (QED) is 0.833. The molecule has 0 bridgehead atoms. The van der Waals surface area contributed by atoms with Crippen LogP contribution in [0.5, 0.6) is 0 Å². The number of nitrogens with zero attached hydrogens (tertiary/aromatic N) is 6. The van der Waals surface area contributed by atoms with Crippen LogP contribution in [0.25, 0.3) is 0 Å². The second-order valence-corrected chi connectivity index (χ2v) is 7.22. The van der Waals surface area contributed by atoms with Crippen molar-refractivity contribution in [3.05, 3.63) is 41.5 Å². The first-order valence-electron chi connectivity index (χ1n) is 8.68. The standard InChI is InChI=1S/C17H21ClN6O/c18-14-7-20-16(21-8-14)17(25)24-11-13(9-22-4-1-2-5-22)10-23-6-3-19-15(23)12-24/h3,6-8,13H,1-2,4-5,9-12H2. The number of aromatic nitrogens is 4. The summed E-state index contributed by atoms with van der Waals surface area (Å²) in [7, 11) is 0. The first-order chi connectivity index (χ1) is 12.2. The van der Waals surface area contributed by atoms with Crippen molar-refractivity contribution in [1.29, 1.82) is 0 Å². The van der Waals surface area contributed by atoms with E-state index in [1.54, 1.807) is 6.20 Å². The lowest BCUT2D eigenvalue weighted by atomic mass is 10.1. The molecule has 0 saturated carbocycles. The molecule has 2 aromatic heterocycles. The van der Waals surface area contributed by atoms with Gasteiger partial charge < -0.3 is 14.4 Å². The van der Waals surface area contributed by atoms with Crippen molar-refractivity contribution in [2.45, 2.75) is 25.9 Å². The number of likely N-dealkylation sites (tertiary alicyclic amines) is 1. The van der Waals surface area contributed by atoms with Gasteiger partial charge in [-0.1, -0.05) is 11.6 Å². The zero-order chi connectivity index (χ0) is 17.2. The SMILES string of the molecule is O=C(c1ncc(Cl)cn1)N1Cc2nccn2CC(CN2CCCC2)C1. The summed E-state index contributed by atoms with van der Waals surface area (Å²) in [5, 5.41) is 0.426. The third kappa shape index (κ3) is 3.67. The molecule has 2 aromatic rings. The van der Waals surface area contributed by atoms with E-state index in [-0.39, 0.29) is 11.7 Å². The number of amides is 1. The molecule has 1 saturated heterocycles. The summed E-state index contributed by atoms with van der Waals surface area (Å²) in [6.07, 6.45) is 9.26. The fourth-order valence-electron chi connectivity index (χ4n) is 3.71. The van der Waals surface area contributed by atoms with Crippen LogP contribution in [0.1, 0.15) is 29.3 Å². The van der Waals surface area contributed by atoms with E-state index in [2.05, 4.69) is 24.4 Å². The number of fused-ring (bicyclic) bond motifs is 1. The molecule has 1 unspecified atom stereocenters. The van der Waals surface area contributed by atoms with Crippen LogP contribution in [-0.2, 0) is 13.1 Å². The number of imidazole rings is 1. The van der Waals surface area contributed by atoms with E-state index >= 15 is 0 Å². The van der Waals surface area contributed by atoms with E-state index in [1.807, 2.05) is 11.1 Å². The average molecular weight is 361 g/mol. The van der Waals surface area contributed by atoms with Gasteiger partial charge in [-0.25, -0.2) is 15.0 Å². The fraction of sp³-hybridized carbons (Fsp3) is 0.529. The Kier molecular flexibility index (Phi) is 4.67. The maximum absolute atomic E-state index is 12.9. The minimum Gasteiger partial charge on any atom is -0.333 e. The highest BCUT2D eigenvalue weighted by atomic mass is 35.5. The van der Waals surface area contributed by atoms with E-state index in [1.165, 1.54) is 25.2 Å². The first kappa shape index (κ1) is 16.5. The zero-order valence-corrected chi connectivity index (χ0v) is 14.8. The summed E-state index contributed by atoms with van der Waals surface area (Å²) in [6.45, 7) is 5.36. The smallest absolute Gasteiger partial charge is 0.292 e. The third-order valence-corrected chi connectivity index (χ3v) is 5.08. The van der Waals surface area contributed by atoms with Gasteiger partial charge in [0, 0.05) is 50.3 Å². The predicted octanol–water partition coefficient (Wildman–Crippen LogP) is 1.69. The molecule has 2 aliphatic heterocycles. The molecule has 0 aliphatic carbocycles. The molecule has 1 amide bonds. The molecule has 4 rings (SSSR count). The second kappa shape index (κ2) is 7.09. The minimum atomic E-state index is -0.167. The number of rotatable bonds is 3. The number of carbonyl (C=O) groups is 1. The Morgan fingerprint density at radius 1 is 1.16 bits per heavy atom. The van der Waals surface area contributed by atoms with Crippen molar-refractivity contribution in [2.75, 3.05) is 26.2 Å². The number of halogens is 1. The summed E-state index contributed by atoms with van der Waals surface area (Å²) < 4.78 is 2.16. The molecule has 0 spiro atoms. The molecular formula is C17H21ClN6O. The van der Waals surface area contributed by atoms with Crippen LogP contribution in [0.15, 0.2) is 24.8 Å². The van der Waals surface area contributed by atoms with Crippen LogP contribution in [0.4, 0.5) is 0 Å². The Balaban J connectivity index is 1.55. The van der Waals surface area contributed by atoms with E-state index in [0.717, 1.165) is 32.0 Å². The van der Waals surface area contributed by atoms with Crippen molar-refractivity contribution in [2.24, 2.45) is 5.92 Å². The first-order valence-corrected chi connectivity index (χ1v) is 9.06. The topological polar surface area (TPSA) is 67.2 Å². The van der Waals surface area contributed by atoms with E-state index in [0.29, 0.717) is 24.0 Å². The highest BCUT2D eigenvalue weighted by Crippen LogP contribution is 2.20. The van der Waals surface area contributed by atoms with Gasteiger partial charge in [0.1, 0.15) is 5.82 Å². The summed E-state index contributed by atoms with van der Waals surface area (Å²) in [4.78, 5) is 29.8. The molecule has 0 aromatic carbocycles. The predicted molar refractivity (Wildman–Crippen MR) is 93.2 cm³/mol. The van der Waals surface area contributed by atoms with Gasteiger partial charge in [0.25, 0.3) is 5.91 Å². The summed E-state index contributed by atoms with van der Waals surface area (Å²) in [5.74, 6) is 1.29. The summed E-state index contributed by atoms with van der Waals surface area (Å²) >= 11 is 5.83. The Labute approximate surface area is 151 Å². The lowest BCUT2D eigenvalue weighted by molar-refractivity contribution is 0.0694. The molecule has 0 radical (unpaired) electrons. The van der Waals surface area contributed by atoms with Crippen LogP contribution in [0.3, 0.4) is 0 Å². The molecule has 1 atom stereocenters.